The lowest BCUT2D eigenvalue weighted by Gasteiger charge is -2.11. The number of hydrogen-bond donors (Lipinski definition) is 0. The quantitative estimate of drug-likeness (QED) is 0.271. The summed E-state index contributed by atoms with van der Waals surface area (Å²) in [7, 11) is 0. The Morgan fingerprint density at radius 1 is 1.14 bits per heavy atom. The van der Waals surface area contributed by atoms with Gasteiger partial charge in [0.15, 0.2) is 5.82 Å². The summed E-state index contributed by atoms with van der Waals surface area (Å²) in [5.41, 5.74) is 1.43. The van der Waals surface area contributed by atoms with E-state index < -0.39 is 17.8 Å². The highest BCUT2D eigenvalue weighted by Gasteiger charge is 2.35. The molecule has 11 heteroatoms. The number of carbonyl (C=O) groups is 1. The average Bonchev–Trinajstić information content (AvgIpc) is 3.59. The minimum absolute atomic E-state index is 0.0134. The molecule has 5 rings (SSSR count). The van der Waals surface area contributed by atoms with Crippen LogP contribution >= 0.6 is 0 Å². The molecule has 184 valence electrons. The number of pyridine rings is 3. The summed E-state index contributed by atoms with van der Waals surface area (Å²) in [6.07, 6.45) is 2.49. The molecule has 1 saturated carbocycles. The maximum absolute atomic E-state index is 13.4. The van der Waals surface area contributed by atoms with Crippen molar-refractivity contribution >= 4 is 28.8 Å². The van der Waals surface area contributed by atoms with Gasteiger partial charge in [0.2, 0.25) is 0 Å². The molecule has 0 aliphatic heterocycles. The second-order valence-corrected chi connectivity index (χ2v) is 8.75. The van der Waals surface area contributed by atoms with E-state index in [9.17, 15) is 18.0 Å². The molecule has 0 atom stereocenters. The molecule has 0 amide bonds. The van der Waals surface area contributed by atoms with Gasteiger partial charge in [-0.3, -0.25) is 9.97 Å². The van der Waals surface area contributed by atoms with Crippen LogP contribution in [0.5, 0.6) is 0 Å². The number of nitrogens with zero attached hydrogens (tertiary/aromatic N) is 6. The van der Waals surface area contributed by atoms with Crippen molar-refractivity contribution in [2.24, 2.45) is 0 Å². The predicted octanol–water partition coefficient (Wildman–Crippen LogP) is 5.13. The van der Waals surface area contributed by atoms with Crippen LogP contribution in [0.3, 0.4) is 0 Å². The van der Waals surface area contributed by atoms with E-state index in [1.807, 2.05) is 0 Å². The molecule has 1 aliphatic rings. The first-order valence-corrected chi connectivity index (χ1v) is 11.3. The first kappa shape index (κ1) is 23.6. The second-order valence-electron chi connectivity index (χ2n) is 8.75. The van der Waals surface area contributed by atoms with Gasteiger partial charge < -0.3 is 4.74 Å². The lowest BCUT2D eigenvalue weighted by Crippen LogP contribution is -2.14. The van der Waals surface area contributed by atoms with E-state index in [1.165, 1.54) is 23.4 Å². The Labute approximate surface area is 203 Å². The van der Waals surface area contributed by atoms with Crippen molar-refractivity contribution in [3.05, 3.63) is 66.0 Å². The molecule has 4 heterocycles. The summed E-state index contributed by atoms with van der Waals surface area (Å²) in [4.78, 5) is 29.5. The van der Waals surface area contributed by atoms with Gasteiger partial charge in [0, 0.05) is 41.3 Å². The number of halogens is 3. The smallest absolute Gasteiger partial charge is 0.433 e. The third kappa shape index (κ3) is 5.09. The topological polar surface area (TPSA) is 95.7 Å². The van der Waals surface area contributed by atoms with Crippen molar-refractivity contribution in [3.8, 4) is 11.4 Å². The van der Waals surface area contributed by atoms with Crippen LogP contribution in [-0.2, 0) is 15.7 Å². The Kier molecular flexibility index (Phi) is 5.99. The van der Waals surface area contributed by atoms with Crippen LogP contribution in [0.4, 0.5) is 13.2 Å². The summed E-state index contributed by atoms with van der Waals surface area (Å²) in [5, 5.41) is 4.30. The lowest BCUT2D eigenvalue weighted by molar-refractivity contribution is -0.141. The molecule has 0 saturated heterocycles. The molecule has 4 aromatic rings. The van der Waals surface area contributed by atoms with Crippen LogP contribution in [0.2, 0.25) is 0 Å². The largest absolute Gasteiger partial charge is 0.459 e. The minimum atomic E-state index is -4.59. The molecular formula is C25H21F3N6O2. The molecule has 1 fully saturated rings. The summed E-state index contributed by atoms with van der Waals surface area (Å²) in [5.74, 6) is -0.520. The Hall–Kier alpha value is -4.15. The number of aromatic nitrogens is 6. The summed E-state index contributed by atoms with van der Waals surface area (Å²) in [6.45, 7) is 3.45. The highest BCUT2D eigenvalue weighted by Crippen LogP contribution is 2.41. The fourth-order valence-corrected chi connectivity index (χ4v) is 3.64. The first-order valence-electron chi connectivity index (χ1n) is 11.3. The number of alkyl halides is 3. The Morgan fingerprint density at radius 2 is 1.94 bits per heavy atom. The highest BCUT2D eigenvalue weighted by atomic mass is 19.4. The molecule has 4 aromatic heterocycles. The lowest BCUT2D eigenvalue weighted by atomic mass is 10.1. The SMILES string of the molecule is CC(C)OC(=O)/C(=C/n1cnc(-c2cc(C3CC3)nc(C(F)(F)F)c2)n1)c1cnc2cccnc2c1. The van der Waals surface area contributed by atoms with E-state index in [0.29, 0.717) is 22.3 Å². The standard InChI is InChI=1S/C25H21F3N6O2/c1-14(2)36-24(35)18(17-9-21-19(30-11-17)4-3-7-29-21)12-34-13-31-23(33-34)16-8-20(15-5-6-15)32-22(10-16)25(26,27)28/h3-4,7-15H,5-6H2,1-2H3/b18-12+. The van der Waals surface area contributed by atoms with E-state index in [1.54, 1.807) is 44.3 Å². The number of hydrogen-bond acceptors (Lipinski definition) is 7. The van der Waals surface area contributed by atoms with Crippen LogP contribution in [0.15, 0.2) is 49.1 Å². The monoisotopic (exact) mass is 494 g/mol. The van der Waals surface area contributed by atoms with Crippen molar-refractivity contribution in [1.82, 2.24) is 29.7 Å². The Balaban J connectivity index is 1.55. The fourth-order valence-electron chi connectivity index (χ4n) is 3.64. The van der Waals surface area contributed by atoms with Gasteiger partial charge >= 0.3 is 12.1 Å². The van der Waals surface area contributed by atoms with Crippen molar-refractivity contribution < 1.29 is 22.7 Å². The molecule has 0 N–H and O–H groups in total. The Bertz CT molecular complexity index is 1470. The molecule has 36 heavy (non-hydrogen) atoms. The molecule has 0 aromatic carbocycles. The van der Waals surface area contributed by atoms with Gasteiger partial charge in [0.05, 0.1) is 22.7 Å². The molecule has 0 spiro atoms. The van der Waals surface area contributed by atoms with Crippen molar-refractivity contribution in [2.75, 3.05) is 0 Å². The summed E-state index contributed by atoms with van der Waals surface area (Å²) < 4.78 is 47.0. The first-order chi connectivity index (χ1) is 17.2. The molecule has 0 unspecified atom stereocenters. The number of ether oxygens (including phenoxy) is 1. The van der Waals surface area contributed by atoms with Crippen LogP contribution < -0.4 is 0 Å². The average molecular weight is 494 g/mol. The molecule has 8 nitrogen and oxygen atoms in total. The predicted molar refractivity (Wildman–Crippen MR) is 125 cm³/mol. The zero-order valence-corrected chi connectivity index (χ0v) is 19.4. The van der Waals surface area contributed by atoms with Crippen molar-refractivity contribution in [3.63, 3.8) is 0 Å². The van der Waals surface area contributed by atoms with Gasteiger partial charge in [-0.25, -0.2) is 19.4 Å². The van der Waals surface area contributed by atoms with Gasteiger partial charge in [0.1, 0.15) is 12.0 Å². The molecule has 0 bridgehead atoms. The van der Waals surface area contributed by atoms with E-state index in [-0.39, 0.29) is 29.0 Å². The van der Waals surface area contributed by atoms with Gasteiger partial charge in [-0.2, -0.15) is 13.2 Å². The van der Waals surface area contributed by atoms with Crippen LogP contribution in [-0.4, -0.2) is 41.8 Å². The summed E-state index contributed by atoms with van der Waals surface area (Å²) >= 11 is 0. The fraction of sp³-hybridized carbons (Fsp3) is 0.280. The number of carbonyl (C=O) groups excluding carboxylic acids is 1. The number of fused-ring (bicyclic) bond motifs is 1. The van der Waals surface area contributed by atoms with E-state index in [0.717, 1.165) is 18.9 Å². The van der Waals surface area contributed by atoms with Crippen LogP contribution in [0.1, 0.15) is 49.6 Å². The van der Waals surface area contributed by atoms with E-state index >= 15 is 0 Å². The second kappa shape index (κ2) is 9.14. The van der Waals surface area contributed by atoms with E-state index in [2.05, 4.69) is 25.0 Å². The van der Waals surface area contributed by atoms with Gasteiger partial charge in [-0.05, 0) is 57.0 Å². The maximum Gasteiger partial charge on any atom is 0.433 e. The van der Waals surface area contributed by atoms with Gasteiger partial charge in [0.25, 0.3) is 0 Å². The third-order valence-electron chi connectivity index (χ3n) is 5.48. The van der Waals surface area contributed by atoms with Crippen molar-refractivity contribution in [2.45, 2.75) is 44.9 Å². The maximum atomic E-state index is 13.4. The van der Waals surface area contributed by atoms with Gasteiger partial charge in [-0.15, -0.1) is 5.10 Å². The number of rotatable bonds is 6. The molecule has 1 aliphatic carbocycles. The molecule has 0 radical (unpaired) electrons. The summed E-state index contributed by atoms with van der Waals surface area (Å²) in [6, 6.07) is 7.78. The van der Waals surface area contributed by atoms with Crippen molar-refractivity contribution in [1.29, 1.82) is 0 Å². The zero-order chi connectivity index (χ0) is 25.4. The third-order valence-corrected chi connectivity index (χ3v) is 5.48. The van der Waals surface area contributed by atoms with Crippen LogP contribution in [0.25, 0.3) is 34.2 Å². The molecular weight excluding hydrogens is 473 g/mol. The minimum Gasteiger partial charge on any atom is -0.459 e. The number of esters is 1. The Morgan fingerprint density at radius 3 is 2.67 bits per heavy atom. The van der Waals surface area contributed by atoms with E-state index in [4.69, 9.17) is 4.74 Å². The van der Waals surface area contributed by atoms with Gasteiger partial charge in [-0.1, -0.05) is 0 Å². The normalized spacial score (nSPS) is 14.4. The zero-order valence-electron chi connectivity index (χ0n) is 19.4. The van der Waals surface area contributed by atoms with Crippen LogP contribution in [0, 0.1) is 0 Å². The highest BCUT2D eigenvalue weighted by molar-refractivity contribution is 6.20.